The van der Waals surface area contributed by atoms with Gasteiger partial charge in [-0.25, -0.2) is 0 Å². The molecule has 0 heterocycles. The molecule has 2 N–H and O–H groups in total. The Balaban J connectivity index is 1.73. The van der Waals surface area contributed by atoms with Gasteiger partial charge in [-0.1, -0.05) is 28.9 Å². The fraction of sp³-hybridized carbons (Fsp3) is 0.462. The Labute approximate surface area is 110 Å². The molecule has 0 aliphatic heterocycles. The number of anilines is 1. The summed E-state index contributed by atoms with van der Waals surface area (Å²) in [5.41, 5.74) is 0.827. The summed E-state index contributed by atoms with van der Waals surface area (Å²) >= 11 is 3.37. The van der Waals surface area contributed by atoms with Crippen LogP contribution in [0.4, 0.5) is 5.69 Å². The number of rotatable bonds is 4. The Hall–Kier alpha value is -0.870. The van der Waals surface area contributed by atoms with Crippen LogP contribution in [0, 0.1) is 5.92 Å². The van der Waals surface area contributed by atoms with Crippen LogP contribution in [-0.4, -0.2) is 18.5 Å². The summed E-state index contributed by atoms with van der Waals surface area (Å²) in [5, 5.41) is 6.13. The SMILES string of the molecule is CC1CC(NCC(=O)Nc2cccc(Br)c2)C1. The van der Waals surface area contributed by atoms with Crippen LogP contribution < -0.4 is 10.6 Å². The molecule has 1 saturated carbocycles. The molecule has 0 saturated heterocycles. The predicted octanol–water partition coefficient (Wildman–Crippen LogP) is 2.78. The summed E-state index contributed by atoms with van der Waals surface area (Å²) in [6.45, 7) is 2.63. The van der Waals surface area contributed by atoms with Gasteiger partial charge < -0.3 is 10.6 Å². The first-order valence-electron chi connectivity index (χ1n) is 5.92. The Morgan fingerprint density at radius 2 is 2.24 bits per heavy atom. The lowest BCUT2D eigenvalue weighted by Gasteiger charge is -2.33. The molecule has 1 aliphatic carbocycles. The van der Waals surface area contributed by atoms with Crippen LogP contribution in [0.3, 0.4) is 0 Å². The van der Waals surface area contributed by atoms with Gasteiger partial charge in [0.05, 0.1) is 6.54 Å². The molecule has 0 bridgehead atoms. The Morgan fingerprint density at radius 3 is 2.88 bits per heavy atom. The van der Waals surface area contributed by atoms with Crippen LogP contribution in [0.25, 0.3) is 0 Å². The van der Waals surface area contributed by atoms with E-state index in [0.717, 1.165) is 16.1 Å². The van der Waals surface area contributed by atoms with Gasteiger partial charge in [-0.3, -0.25) is 4.79 Å². The van der Waals surface area contributed by atoms with E-state index in [9.17, 15) is 4.79 Å². The third kappa shape index (κ3) is 3.82. The van der Waals surface area contributed by atoms with E-state index in [-0.39, 0.29) is 5.91 Å². The standard InChI is InChI=1S/C13H17BrN2O/c1-9-5-12(6-9)15-8-13(17)16-11-4-2-3-10(14)7-11/h2-4,7,9,12,15H,5-6,8H2,1H3,(H,16,17). The monoisotopic (exact) mass is 296 g/mol. The van der Waals surface area contributed by atoms with E-state index in [1.807, 2.05) is 24.3 Å². The van der Waals surface area contributed by atoms with Crippen molar-refractivity contribution in [1.29, 1.82) is 0 Å². The molecule has 0 spiro atoms. The lowest BCUT2D eigenvalue weighted by Crippen LogP contribution is -2.43. The molecule has 0 atom stereocenters. The number of nitrogens with one attached hydrogen (secondary N) is 2. The quantitative estimate of drug-likeness (QED) is 0.897. The van der Waals surface area contributed by atoms with Crippen molar-refractivity contribution in [3.8, 4) is 0 Å². The zero-order valence-corrected chi connectivity index (χ0v) is 11.5. The highest BCUT2D eigenvalue weighted by Crippen LogP contribution is 2.25. The smallest absolute Gasteiger partial charge is 0.238 e. The molecule has 2 rings (SSSR count). The third-order valence-corrected chi connectivity index (χ3v) is 3.53. The number of halogens is 1. The molecular formula is C13H17BrN2O. The van der Waals surface area contributed by atoms with E-state index in [2.05, 4.69) is 33.5 Å². The number of hydrogen-bond donors (Lipinski definition) is 2. The van der Waals surface area contributed by atoms with Gasteiger partial charge >= 0.3 is 0 Å². The van der Waals surface area contributed by atoms with Crippen molar-refractivity contribution in [3.63, 3.8) is 0 Å². The average molecular weight is 297 g/mol. The molecule has 3 nitrogen and oxygen atoms in total. The van der Waals surface area contributed by atoms with Gasteiger partial charge in [0, 0.05) is 16.2 Å². The second kappa shape index (κ2) is 5.65. The number of benzene rings is 1. The maximum atomic E-state index is 11.7. The lowest BCUT2D eigenvalue weighted by atomic mass is 9.82. The fourth-order valence-corrected chi connectivity index (χ4v) is 2.48. The Kier molecular flexibility index (Phi) is 4.18. The molecule has 4 heteroatoms. The molecule has 17 heavy (non-hydrogen) atoms. The van der Waals surface area contributed by atoms with Gasteiger partial charge in [-0.15, -0.1) is 0 Å². The zero-order chi connectivity index (χ0) is 12.3. The number of amides is 1. The van der Waals surface area contributed by atoms with Crippen LogP contribution in [0.1, 0.15) is 19.8 Å². The summed E-state index contributed by atoms with van der Waals surface area (Å²) in [6, 6.07) is 8.14. The second-order valence-electron chi connectivity index (χ2n) is 4.71. The van der Waals surface area contributed by atoms with Crippen molar-refractivity contribution in [1.82, 2.24) is 5.32 Å². The summed E-state index contributed by atoms with van der Waals surface area (Å²) in [7, 11) is 0. The summed E-state index contributed by atoms with van der Waals surface area (Å²) in [6.07, 6.45) is 2.37. The molecule has 0 unspecified atom stereocenters. The van der Waals surface area contributed by atoms with E-state index in [1.54, 1.807) is 0 Å². The molecular weight excluding hydrogens is 280 g/mol. The van der Waals surface area contributed by atoms with Crippen molar-refractivity contribution in [2.75, 3.05) is 11.9 Å². The number of carbonyl (C=O) groups excluding carboxylic acids is 1. The van der Waals surface area contributed by atoms with Crippen LogP contribution in [0.5, 0.6) is 0 Å². The molecule has 1 fully saturated rings. The third-order valence-electron chi connectivity index (χ3n) is 3.03. The predicted molar refractivity (Wildman–Crippen MR) is 73.0 cm³/mol. The normalized spacial score (nSPS) is 22.9. The van der Waals surface area contributed by atoms with E-state index in [0.29, 0.717) is 12.6 Å². The largest absolute Gasteiger partial charge is 0.325 e. The minimum absolute atomic E-state index is 0.0163. The van der Waals surface area contributed by atoms with Crippen LogP contribution in [0.15, 0.2) is 28.7 Å². The molecule has 1 aromatic carbocycles. The first kappa shape index (κ1) is 12.6. The summed E-state index contributed by atoms with van der Waals surface area (Å²) < 4.78 is 0.969. The highest BCUT2D eigenvalue weighted by Gasteiger charge is 2.24. The van der Waals surface area contributed by atoms with Crippen molar-refractivity contribution in [2.24, 2.45) is 5.92 Å². The Bertz CT molecular complexity index is 402. The van der Waals surface area contributed by atoms with Crippen LogP contribution in [0.2, 0.25) is 0 Å². The average Bonchev–Trinajstić information content (AvgIpc) is 2.23. The van der Waals surface area contributed by atoms with Crippen molar-refractivity contribution < 1.29 is 4.79 Å². The maximum absolute atomic E-state index is 11.7. The highest BCUT2D eigenvalue weighted by molar-refractivity contribution is 9.10. The number of carbonyl (C=O) groups is 1. The minimum atomic E-state index is 0.0163. The second-order valence-corrected chi connectivity index (χ2v) is 5.63. The molecule has 0 aromatic heterocycles. The van der Waals surface area contributed by atoms with Crippen molar-refractivity contribution >= 4 is 27.5 Å². The molecule has 1 aliphatic rings. The molecule has 92 valence electrons. The number of hydrogen-bond acceptors (Lipinski definition) is 2. The highest BCUT2D eigenvalue weighted by atomic mass is 79.9. The van der Waals surface area contributed by atoms with Crippen LogP contribution in [-0.2, 0) is 4.79 Å². The van der Waals surface area contributed by atoms with E-state index in [1.165, 1.54) is 12.8 Å². The summed E-state index contributed by atoms with van der Waals surface area (Å²) in [4.78, 5) is 11.7. The fourth-order valence-electron chi connectivity index (χ4n) is 2.08. The summed E-state index contributed by atoms with van der Waals surface area (Å²) in [5.74, 6) is 0.822. The van der Waals surface area contributed by atoms with Gasteiger partial charge in [-0.2, -0.15) is 0 Å². The van der Waals surface area contributed by atoms with E-state index >= 15 is 0 Å². The van der Waals surface area contributed by atoms with Crippen molar-refractivity contribution in [2.45, 2.75) is 25.8 Å². The van der Waals surface area contributed by atoms with E-state index in [4.69, 9.17) is 0 Å². The minimum Gasteiger partial charge on any atom is -0.325 e. The maximum Gasteiger partial charge on any atom is 0.238 e. The molecule has 1 amide bonds. The van der Waals surface area contributed by atoms with Gasteiger partial charge in [-0.05, 0) is 37.0 Å². The first-order valence-corrected chi connectivity index (χ1v) is 6.71. The topological polar surface area (TPSA) is 41.1 Å². The van der Waals surface area contributed by atoms with Gasteiger partial charge in [0.1, 0.15) is 0 Å². The first-order chi connectivity index (χ1) is 8.13. The van der Waals surface area contributed by atoms with Gasteiger partial charge in [0.2, 0.25) is 5.91 Å². The van der Waals surface area contributed by atoms with E-state index < -0.39 is 0 Å². The van der Waals surface area contributed by atoms with Gasteiger partial charge in [0.25, 0.3) is 0 Å². The zero-order valence-electron chi connectivity index (χ0n) is 9.87. The Morgan fingerprint density at radius 1 is 1.47 bits per heavy atom. The van der Waals surface area contributed by atoms with Crippen molar-refractivity contribution in [3.05, 3.63) is 28.7 Å². The lowest BCUT2D eigenvalue weighted by molar-refractivity contribution is -0.115. The van der Waals surface area contributed by atoms with Gasteiger partial charge in [0.15, 0.2) is 0 Å². The molecule has 0 radical (unpaired) electrons. The molecule has 1 aromatic rings. The van der Waals surface area contributed by atoms with Crippen LogP contribution >= 0.6 is 15.9 Å².